The predicted molar refractivity (Wildman–Crippen MR) is 170 cm³/mol. The first kappa shape index (κ1) is 29.6. The molecule has 2 aliphatic rings. The first-order valence-electron chi connectivity index (χ1n) is 15.5. The number of ether oxygens (including phenoxy) is 1. The van der Waals surface area contributed by atoms with Crippen molar-refractivity contribution in [2.45, 2.75) is 70.4 Å². The molecule has 222 valence electrons. The second kappa shape index (κ2) is 14.9. The minimum Gasteiger partial charge on any atom is -0.446 e. The molecule has 1 heterocycles. The number of para-hydroxylation sites is 1. The summed E-state index contributed by atoms with van der Waals surface area (Å²) < 4.78 is 5.75. The van der Waals surface area contributed by atoms with Gasteiger partial charge in [0.2, 0.25) is 5.91 Å². The minimum atomic E-state index is -0.418. The first-order valence-corrected chi connectivity index (χ1v) is 15.5. The molecule has 2 fully saturated rings. The average Bonchev–Trinajstić information content (AvgIpc) is 3.51. The molecule has 3 N–H and O–H groups in total. The molecule has 1 saturated carbocycles. The molecule has 0 atom stereocenters. The smallest absolute Gasteiger partial charge is 0.411 e. The number of nitrogens with one attached hydrogen (secondary N) is 3. The zero-order valence-electron chi connectivity index (χ0n) is 24.7. The standard InChI is InChI=1S/C35H44N4O3/c1-26-25-30(37-29-11-5-6-12-29)17-15-27(26)16-18-34(40)36-21-24-39-22-19-31(20-23-39)42-35(41)38-33-14-8-7-13-32(33)28-9-3-2-4-10-28/h2-4,7-10,13-15,17,25,29,31,37H,5-6,11-12,16,18-24H2,1H3,(H,36,40)(H,38,41). The van der Waals surface area contributed by atoms with Gasteiger partial charge in [0, 0.05) is 49.9 Å². The lowest BCUT2D eigenvalue weighted by molar-refractivity contribution is -0.121. The summed E-state index contributed by atoms with van der Waals surface area (Å²) in [6.45, 7) is 5.25. The summed E-state index contributed by atoms with van der Waals surface area (Å²) in [5.74, 6) is 0.0910. The van der Waals surface area contributed by atoms with Gasteiger partial charge in [-0.3, -0.25) is 10.1 Å². The minimum absolute atomic E-state index is 0.0910. The molecule has 1 aliphatic carbocycles. The Hall–Kier alpha value is -3.84. The van der Waals surface area contributed by atoms with Crippen molar-refractivity contribution in [3.63, 3.8) is 0 Å². The lowest BCUT2D eigenvalue weighted by atomic mass is 10.0. The Morgan fingerprint density at radius 1 is 0.905 bits per heavy atom. The van der Waals surface area contributed by atoms with E-state index in [1.807, 2.05) is 54.6 Å². The van der Waals surface area contributed by atoms with Crippen LogP contribution in [-0.4, -0.2) is 55.2 Å². The zero-order chi connectivity index (χ0) is 29.1. The fourth-order valence-corrected chi connectivity index (χ4v) is 6.07. The van der Waals surface area contributed by atoms with Crippen molar-refractivity contribution in [1.82, 2.24) is 10.2 Å². The molecule has 0 radical (unpaired) electrons. The molecular formula is C35H44N4O3. The SMILES string of the molecule is Cc1cc(NC2CCCC2)ccc1CCC(=O)NCCN1CCC(OC(=O)Nc2ccccc2-c2ccccc2)CC1. The molecular weight excluding hydrogens is 524 g/mol. The molecule has 0 aromatic heterocycles. The molecule has 42 heavy (non-hydrogen) atoms. The summed E-state index contributed by atoms with van der Waals surface area (Å²) >= 11 is 0. The number of amides is 2. The monoisotopic (exact) mass is 568 g/mol. The molecule has 7 nitrogen and oxygen atoms in total. The Bertz CT molecular complexity index is 1310. The number of carbonyl (C=O) groups is 2. The van der Waals surface area contributed by atoms with Crippen LogP contribution in [0.1, 0.15) is 56.1 Å². The van der Waals surface area contributed by atoms with E-state index in [9.17, 15) is 9.59 Å². The summed E-state index contributed by atoms with van der Waals surface area (Å²) in [5.41, 5.74) is 6.42. The number of nitrogens with zero attached hydrogens (tertiary/aromatic N) is 1. The van der Waals surface area contributed by atoms with Gasteiger partial charge < -0.3 is 20.3 Å². The van der Waals surface area contributed by atoms with Crippen molar-refractivity contribution in [3.8, 4) is 11.1 Å². The van der Waals surface area contributed by atoms with Crippen LogP contribution < -0.4 is 16.0 Å². The van der Waals surface area contributed by atoms with Gasteiger partial charge in [0.05, 0.1) is 5.69 Å². The third-order valence-electron chi connectivity index (χ3n) is 8.50. The number of hydrogen-bond acceptors (Lipinski definition) is 5. The fourth-order valence-electron chi connectivity index (χ4n) is 6.07. The van der Waals surface area contributed by atoms with Crippen molar-refractivity contribution in [2.24, 2.45) is 0 Å². The van der Waals surface area contributed by atoms with E-state index in [0.717, 1.165) is 55.7 Å². The van der Waals surface area contributed by atoms with Gasteiger partial charge in [-0.15, -0.1) is 0 Å². The Morgan fingerprint density at radius 3 is 2.40 bits per heavy atom. The number of anilines is 2. The van der Waals surface area contributed by atoms with Crippen LogP contribution in [0.5, 0.6) is 0 Å². The van der Waals surface area contributed by atoms with Crippen molar-refractivity contribution in [1.29, 1.82) is 0 Å². The third kappa shape index (κ3) is 8.58. The van der Waals surface area contributed by atoms with Gasteiger partial charge in [0.25, 0.3) is 0 Å². The van der Waals surface area contributed by atoms with Gasteiger partial charge in [-0.2, -0.15) is 0 Å². The van der Waals surface area contributed by atoms with E-state index >= 15 is 0 Å². The predicted octanol–water partition coefficient (Wildman–Crippen LogP) is 6.78. The van der Waals surface area contributed by atoms with Crippen LogP contribution in [0.3, 0.4) is 0 Å². The number of benzene rings is 3. The summed E-state index contributed by atoms with van der Waals surface area (Å²) in [6, 6.07) is 24.9. The van der Waals surface area contributed by atoms with E-state index < -0.39 is 6.09 Å². The molecule has 7 heteroatoms. The first-order chi connectivity index (χ1) is 20.5. The molecule has 1 saturated heterocycles. The molecule has 3 aromatic rings. The quantitative estimate of drug-likeness (QED) is 0.238. The van der Waals surface area contributed by atoms with Gasteiger partial charge in [-0.25, -0.2) is 4.79 Å². The van der Waals surface area contributed by atoms with Crippen LogP contribution in [0, 0.1) is 6.92 Å². The van der Waals surface area contributed by atoms with Crippen LogP contribution in [0.25, 0.3) is 11.1 Å². The highest BCUT2D eigenvalue weighted by molar-refractivity contribution is 5.91. The normalized spacial score (nSPS) is 16.2. The van der Waals surface area contributed by atoms with Crippen LogP contribution in [0.15, 0.2) is 72.8 Å². The van der Waals surface area contributed by atoms with E-state index in [1.165, 1.54) is 42.5 Å². The van der Waals surface area contributed by atoms with E-state index in [1.54, 1.807) is 0 Å². The number of aryl methyl sites for hydroxylation is 2. The van der Waals surface area contributed by atoms with Gasteiger partial charge in [-0.1, -0.05) is 67.4 Å². The van der Waals surface area contributed by atoms with Gasteiger partial charge in [-0.05, 0) is 73.9 Å². The maximum atomic E-state index is 12.7. The van der Waals surface area contributed by atoms with E-state index in [4.69, 9.17) is 4.74 Å². The number of carbonyl (C=O) groups excluding carboxylic acids is 2. The highest BCUT2D eigenvalue weighted by atomic mass is 16.6. The molecule has 0 bridgehead atoms. The maximum absolute atomic E-state index is 12.7. The van der Waals surface area contributed by atoms with Crippen LogP contribution in [0.2, 0.25) is 0 Å². The zero-order valence-corrected chi connectivity index (χ0v) is 24.7. The number of piperidine rings is 1. The number of rotatable bonds is 11. The van der Waals surface area contributed by atoms with Crippen LogP contribution in [-0.2, 0) is 16.0 Å². The molecule has 1 aliphatic heterocycles. The van der Waals surface area contributed by atoms with Crippen molar-refractivity contribution in [2.75, 3.05) is 36.8 Å². The summed E-state index contributed by atoms with van der Waals surface area (Å²) in [4.78, 5) is 27.5. The van der Waals surface area contributed by atoms with Crippen molar-refractivity contribution in [3.05, 3.63) is 83.9 Å². The van der Waals surface area contributed by atoms with E-state index in [-0.39, 0.29) is 12.0 Å². The summed E-state index contributed by atoms with van der Waals surface area (Å²) in [7, 11) is 0. The average molecular weight is 569 g/mol. The number of hydrogen-bond donors (Lipinski definition) is 3. The topological polar surface area (TPSA) is 82.7 Å². The molecule has 3 aromatic carbocycles. The second-order valence-electron chi connectivity index (χ2n) is 11.6. The molecule has 2 amide bonds. The lowest BCUT2D eigenvalue weighted by Crippen LogP contribution is -2.42. The largest absolute Gasteiger partial charge is 0.446 e. The van der Waals surface area contributed by atoms with Gasteiger partial charge in [0.15, 0.2) is 0 Å². The molecule has 0 spiro atoms. The summed E-state index contributed by atoms with van der Waals surface area (Å²) in [5, 5.41) is 9.66. The Kier molecular flexibility index (Phi) is 10.5. The summed E-state index contributed by atoms with van der Waals surface area (Å²) in [6.07, 6.45) is 7.45. The van der Waals surface area contributed by atoms with Crippen molar-refractivity contribution < 1.29 is 14.3 Å². The molecule has 5 rings (SSSR count). The maximum Gasteiger partial charge on any atom is 0.411 e. The highest BCUT2D eigenvalue weighted by Crippen LogP contribution is 2.28. The van der Waals surface area contributed by atoms with Crippen LogP contribution in [0.4, 0.5) is 16.2 Å². The molecule has 0 unspecified atom stereocenters. The third-order valence-corrected chi connectivity index (χ3v) is 8.50. The Morgan fingerprint density at radius 2 is 1.64 bits per heavy atom. The van der Waals surface area contributed by atoms with Crippen LogP contribution >= 0.6 is 0 Å². The Balaban J connectivity index is 0.970. The lowest BCUT2D eigenvalue weighted by Gasteiger charge is -2.31. The van der Waals surface area contributed by atoms with Gasteiger partial charge in [0.1, 0.15) is 6.10 Å². The highest BCUT2D eigenvalue weighted by Gasteiger charge is 2.23. The second-order valence-corrected chi connectivity index (χ2v) is 11.6. The van der Waals surface area contributed by atoms with E-state index in [2.05, 4.69) is 46.0 Å². The van der Waals surface area contributed by atoms with E-state index in [0.29, 0.717) is 19.0 Å². The number of likely N-dealkylation sites (tertiary alicyclic amines) is 1. The van der Waals surface area contributed by atoms with Gasteiger partial charge >= 0.3 is 6.09 Å². The fraction of sp³-hybridized carbons (Fsp3) is 0.429. The van der Waals surface area contributed by atoms with Crippen molar-refractivity contribution >= 4 is 23.4 Å². The Labute approximate surface area is 250 Å².